The van der Waals surface area contributed by atoms with Crippen molar-refractivity contribution < 1.29 is 38.2 Å². The molecule has 1 aliphatic heterocycles. The smallest absolute Gasteiger partial charge is 0.373 e. The van der Waals surface area contributed by atoms with Gasteiger partial charge in [-0.15, -0.1) is 0 Å². The molecule has 4 rings (SSSR count). The molecule has 1 aliphatic rings. The first-order chi connectivity index (χ1) is 17.2. The first kappa shape index (κ1) is 24.3. The average Bonchev–Trinajstić information content (AvgIpc) is 3.51. The van der Waals surface area contributed by atoms with Crippen molar-refractivity contribution in [3.05, 3.63) is 76.6 Å². The largest absolute Gasteiger partial charge is 0.482 e. The molecule has 186 valence electrons. The Kier molecular flexibility index (Phi) is 6.64. The Labute approximate surface area is 205 Å². The summed E-state index contributed by atoms with van der Waals surface area (Å²) < 4.78 is 17.1. The predicted octanol–water partition coefficient (Wildman–Crippen LogP) is 3.03. The number of methoxy groups -OCH3 is 1. The van der Waals surface area contributed by atoms with Gasteiger partial charge in [-0.25, -0.2) is 14.4 Å². The zero-order valence-corrected chi connectivity index (χ0v) is 19.7. The number of ether oxygens (including phenoxy) is 2. The molecule has 2 aromatic heterocycles. The number of urea groups is 1. The summed E-state index contributed by atoms with van der Waals surface area (Å²) in [6.45, 7) is 3.21. The molecule has 1 fully saturated rings. The Morgan fingerprint density at radius 1 is 1.11 bits per heavy atom. The van der Waals surface area contributed by atoms with Crippen molar-refractivity contribution in [2.24, 2.45) is 0 Å². The topological polar surface area (TPSA) is 140 Å². The van der Waals surface area contributed by atoms with Crippen LogP contribution >= 0.6 is 0 Å². The van der Waals surface area contributed by atoms with Crippen LogP contribution in [0.5, 0.6) is 5.75 Å². The molecular formula is C25H23N3O8. The molecule has 0 radical (unpaired) electrons. The lowest BCUT2D eigenvalue weighted by Gasteiger charge is -2.11. The number of aliphatic carboxylic acids is 1. The second-order valence-electron chi connectivity index (χ2n) is 7.98. The van der Waals surface area contributed by atoms with Gasteiger partial charge in [0.1, 0.15) is 17.2 Å². The molecule has 0 spiro atoms. The van der Waals surface area contributed by atoms with E-state index in [2.05, 4.69) is 10.1 Å². The lowest BCUT2D eigenvalue weighted by Crippen LogP contribution is -2.30. The van der Waals surface area contributed by atoms with E-state index in [-0.39, 0.29) is 23.8 Å². The minimum absolute atomic E-state index is 0.0239. The zero-order valence-electron chi connectivity index (χ0n) is 19.7. The number of aryl methyl sites for hydroxylation is 1. The van der Waals surface area contributed by atoms with Crippen LogP contribution in [0.4, 0.5) is 4.79 Å². The molecule has 3 heterocycles. The van der Waals surface area contributed by atoms with Gasteiger partial charge in [-0.3, -0.25) is 9.69 Å². The number of carbonyl (C=O) groups is 4. The maximum atomic E-state index is 12.9. The van der Waals surface area contributed by atoms with E-state index in [0.29, 0.717) is 5.75 Å². The van der Waals surface area contributed by atoms with Crippen molar-refractivity contribution in [1.82, 2.24) is 14.8 Å². The molecule has 0 aliphatic carbocycles. The van der Waals surface area contributed by atoms with E-state index < -0.39 is 30.5 Å². The van der Waals surface area contributed by atoms with Gasteiger partial charge in [-0.2, -0.15) is 0 Å². The number of esters is 1. The number of aromatic nitrogens is 1. The normalized spacial score (nSPS) is 14.3. The minimum atomic E-state index is -1.06. The highest BCUT2D eigenvalue weighted by Crippen LogP contribution is 2.26. The van der Waals surface area contributed by atoms with Gasteiger partial charge in [0.25, 0.3) is 5.91 Å². The van der Waals surface area contributed by atoms with Crippen molar-refractivity contribution in [1.29, 1.82) is 0 Å². The van der Waals surface area contributed by atoms with E-state index in [4.69, 9.17) is 14.3 Å². The van der Waals surface area contributed by atoms with Gasteiger partial charge in [0.05, 0.1) is 13.7 Å². The molecule has 2 N–H and O–H groups in total. The Balaban J connectivity index is 1.53. The van der Waals surface area contributed by atoms with E-state index in [1.54, 1.807) is 30.3 Å². The number of carbonyl (C=O) groups excluding carboxylic acids is 3. The van der Waals surface area contributed by atoms with Crippen LogP contribution in [0.25, 0.3) is 11.8 Å². The number of hydrogen-bond acceptors (Lipinski definition) is 7. The maximum absolute atomic E-state index is 12.9. The molecular weight excluding hydrogens is 470 g/mol. The third-order valence-corrected chi connectivity index (χ3v) is 5.55. The SMILES string of the molecule is COC(=O)c1ccc(CN2C(=O)N/C(=C\c3cc(C)n(-c4ccc(OCC(=O)O)cc4)c3C)C2=O)o1. The summed E-state index contributed by atoms with van der Waals surface area (Å²) in [6.07, 6.45) is 1.60. The molecule has 3 aromatic rings. The summed E-state index contributed by atoms with van der Waals surface area (Å²) >= 11 is 0. The fourth-order valence-electron chi connectivity index (χ4n) is 3.87. The lowest BCUT2D eigenvalue weighted by molar-refractivity contribution is -0.139. The highest BCUT2D eigenvalue weighted by Gasteiger charge is 2.34. The summed E-state index contributed by atoms with van der Waals surface area (Å²) in [5, 5.41) is 11.3. The molecule has 1 aromatic carbocycles. The standard InChI is InChI=1S/C25H23N3O8/c1-14-10-16(15(2)28(14)17-4-6-18(7-5-17)35-13-22(29)30)11-20-23(31)27(25(33)26-20)12-19-8-9-21(36-19)24(32)34-3/h4-11H,12-13H2,1-3H3,(H,26,33)(H,29,30)/b20-11-. The number of benzene rings is 1. The van der Waals surface area contributed by atoms with Crippen LogP contribution in [0.3, 0.4) is 0 Å². The van der Waals surface area contributed by atoms with Crippen molar-refractivity contribution >= 4 is 30.0 Å². The van der Waals surface area contributed by atoms with Crippen LogP contribution in [0.1, 0.15) is 33.3 Å². The van der Waals surface area contributed by atoms with Gasteiger partial charge in [0, 0.05) is 17.1 Å². The molecule has 3 amide bonds. The van der Waals surface area contributed by atoms with Crippen molar-refractivity contribution in [2.45, 2.75) is 20.4 Å². The summed E-state index contributed by atoms with van der Waals surface area (Å²) in [4.78, 5) is 48.6. The number of carboxylic acids is 1. The third-order valence-electron chi connectivity index (χ3n) is 5.55. The number of imide groups is 1. The number of amides is 3. The molecule has 1 saturated heterocycles. The average molecular weight is 493 g/mol. The second-order valence-corrected chi connectivity index (χ2v) is 7.98. The number of carboxylic acid groups (broad SMARTS) is 1. The summed E-state index contributed by atoms with van der Waals surface area (Å²) in [7, 11) is 1.22. The first-order valence-electron chi connectivity index (χ1n) is 10.8. The highest BCUT2D eigenvalue weighted by atomic mass is 16.5. The second kappa shape index (κ2) is 9.82. The Morgan fingerprint density at radius 3 is 2.50 bits per heavy atom. The third kappa shape index (κ3) is 4.85. The molecule has 0 unspecified atom stereocenters. The van der Waals surface area contributed by atoms with E-state index >= 15 is 0 Å². The van der Waals surface area contributed by atoms with Crippen LogP contribution < -0.4 is 10.1 Å². The summed E-state index contributed by atoms with van der Waals surface area (Å²) in [5.74, 6) is -1.58. The van der Waals surface area contributed by atoms with E-state index in [9.17, 15) is 19.2 Å². The number of furan rings is 1. The van der Waals surface area contributed by atoms with Crippen LogP contribution in [0.2, 0.25) is 0 Å². The first-order valence-corrected chi connectivity index (χ1v) is 10.8. The summed E-state index contributed by atoms with van der Waals surface area (Å²) in [5.41, 5.74) is 3.37. The van der Waals surface area contributed by atoms with Crippen LogP contribution in [-0.2, 0) is 20.9 Å². The highest BCUT2D eigenvalue weighted by molar-refractivity contribution is 6.14. The monoisotopic (exact) mass is 493 g/mol. The Morgan fingerprint density at radius 2 is 1.83 bits per heavy atom. The molecule has 36 heavy (non-hydrogen) atoms. The van der Waals surface area contributed by atoms with Crippen molar-refractivity contribution in [3.8, 4) is 11.4 Å². The van der Waals surface area contributed by atoms with Crippen LogP contribution in [0, 0.1) is 13.8 Å². The van der Waals surface area contributed by atoms with Gasteiger partial charge in [-0.05, 0) is 68.0 Å². The number of nitrogens with one attached hydrogen (secondary N) is 1. The predicted molar refractivity (Wildman–Crippen MR) is 125 cm³/mol. The molecule has 0 atom stereocenters. The van der Waals surface area contributed by atoms with E-state index in [1.807, 2.05) is 24.5 Å². The summed E-state index contributed by atoms with van der Waals surface area (Å²) in [6, 6.07) is 11.1. The lowest BCUT2D eigenvalue weighted by atomic mass is 10.2. The van der Waals surface area contributed by atoms with Gasteiger partial charge in [0.15, 0.2) is 6.61 Å². The minimum Gasteiger partial charge on any atom is -0.482 e. The van der Waals surface area contributed by atoms with Gasteiger partial charge in [-0.1, -0.05) is 0 Å². The van der Waals surface area contributed by atoms with Crippen LogP contribution in [0.15, 0.2) is 52.6 Å². The van der Waals surface area contributed by atoms with Gasteiger partial charge in [0.2, 0.25) is 5.76 Å². The Bertz CT molecular complexity index is 1380. The Hall–Kier alpha value is -4.80. The van der Waals surface area contributed by atoms with E-state index in [0.717, 1.165) is 27.5 Å². The number of hydrogen-bond donors (Lipinski definition) is 2. The fourth-order valence-corrected chi connectivity index (χ4v) is 3.87. The van der Waals surface area contributed by atoms with Gasteiger partial charge >= 0.3 is 18.0 Å². The maximum Gasteiger partial charge on any atom is 0.373 e. The van der Waals surface area contributed by atoms with E-state index in [1.165, 1.54) is 19.2 Å². The molecule has 0 bridgehead atoms. The number of rotatable bonds is 8. The van der Waals surface area contributed by atoms with Crippen molar-refractivity contribution in [2.75, 3.05) is 13.7 Å². The number of nitrogens with zero attached hydrogens (tertiary/aromatic N) is 2. The molecule has 11 nitrogen and oxygen atoms in total. The molecule has 0 saturated carbocycles. The fraction of sp³-hybridized carbons (Fsp3) is 0.200. The van der Waals surface area contributed by atoms with Gasteiger partial charge < -0.3 is 28.9 Å². The van der Waals surface area contributed by atoms with Crippen molar-refractivity contribution in [3.63, 3.8) is 0 Å². The van der Waals surface area contributed by atoms with Crippen LogP contribution in [-0.4, -0.2) is 52.2 Å². The molecule has 11 heteroatoms. The zero-order chi connectivity index (χ0) is 26.0. The quantitative estimate of drug-likeness (QED) is 0.277.